The first-order valence-corrected chi connectivity index (χ1v) is 5.03. The van der Waals surface area contributed by atoms with E-state index in [1.807, 2.05) is 0 Å². The van der Waals surface area contributed by atoms with Crippen molar-refractivity contribution < 1.29 is 13.2 Å². The van der Waals surface area contributed by atoms with Gasteiger partial charge < -0.3 is 5.32 Å². The Balaban J connectivity index is 1.94. The Hall–Kier alpha value is -0.510. The van der Waals surface area contributed by atoms with E-state index in [2.05, 4.69) is 11.4 Å². The topological polar surface area (TPSA) is 12.0 Å². The second-order valence-electron chi connectivity index (χ2n) is 3.62. The fraction of sp³-hybridized carbons (Fsp3) is 0.800. The first-order valence-electron chi connectivity index (χ1n) is 5.03. The van der Waals surface area contributed by atoms with Crippen LogP contribution in [0, 0.1) is 0 Å². The lowest BCUT2D eigenvalue weighted by atomic mass is 10.2. The molecule has 1 rings (SSSR count). The minimum atomic E-state index is -4.03. The van der Waals surface area contributed by atoms with Gasteiger partial charge >= 0.3 is 6.18 Å². The van der Waals surface area contributed by atoms with E-state index >= 15 is 0 Å². The maximum absolute atomic E-state index is 11.7. The van der Waals surface area contributed by atoms with E-state index in [9.17, 15) is 13.2 Å². The van der Waals surface area contributed by atoms with Crippen LogP contribution in [-0.4, -0.2) is 19.3 Å². The zero-order valence-electron chi connectivity index (χ0n) is 8.16. The van der Waals surface area contributed by atoms with Crippen LogP contribution in [-0.2, 0) is 0 Å². The molecule has 0 heterocycles. The summed E-state index contributed by atoms with van der Waals surface area (Å²) in [4.78, 5) is 0. The molecule has 0 atom stereocenters. The quantitative estimate of drug-likeness (QED) is 0.539. The smallest absolute Gasteiger partial charge is 0.316 e. The molecule has 1 N–H and O–H groups in total. The van der Waals surface area contributed by atoms with E-state index in [0.29, 0.717) is 6.54 Å². The van der Waals surface area contributed by atoms with Gasteiger partial charge in [-0.2, -0.15) is 13.2 Å². The van der Waals surface area contributed by atoms with Gasteiger partial charge in [0.15, 0.2) is 0 Å². The maximum atomic E-state index is 11.7. The van der Waals surface area contributed by atoms with Crippen LogP contribution in [0.3, 0.4) is 0 Å². The molecule has 0 unspecified atom stereocenters. The SMILES string of the molecule is FC(F)(F)CCNCCC1=CCCC1. The molecule has 14 heavy (non-hydrogen) atoms. The monoisotopic (exact) mass is 207 g/mol. The molecule has 1 nitrogen and oxygen atoms in total. The fourth-order valence-corrected chi connectivity index (χ4v) is 1.57. The van der Waals surface area contributed by atoms with Crippen molar-refractivity contribution in [3.8, 4) is 0 Å². The Bertz CT molecular complexity index is 196. The molecule has 0 radical (unpaired) electrons. The molecule has 0 saturated heterocycles. The number of rotatable bonds is 5. The fourth-order valence-electron chi connectivity index (χ4n) is 1.57. The van der Waals surface area contributed by atoms with Crippen LogP contribution in [0.4, 0.5) is 13.2 Å². The maximum Gasteiger partial charge on any atom is 0.390 e. The Labute approximate surface area is 82.4 Å². The third-order valence-corrected chi connectivity index (χ3v) is 2.34. The highest BCUT2D eigenvalue weighted by Gasteiger charge is 2.25. The van der Waals surface area contributed by atoms with Crippen molar-refractivity contribution in [3.63, 3.8) is 0 Å². The van der Waals surface area contributed by atoms with E-state index in [1.165, 1.54) is 12.0 Å². The van der Waals surface area contributed by atoms with Gasteiger partial charge in [-0.25, -0.2) is 0 Å². The normalized spacial score (nSPS) is 17.2. The molecule has 0 aromatic heterocycles. The third kappa shape index (κ3) is 5.27. The molecule has 0 aliphatic heterocycles. The molecule has 4 heteroatoms. The van der Waals surface area contributed by atoms with Gasteiger partial charge in [-0.15, -0.1) is 0 Å². The van der Waals surface area contributed by atoms with Crippen molar-refractivity contribution in [1.29, 1.82) is 0 Å². The lowest BCUT2D eigenvalue weighted by Gasteiger charge is -2.07. The Kier molecular flexibility index (Phi) is 4.45. The Morgan fingerprint density at radius 1 is 1.29 bits per heavy atom. The summed E-state index contributed by atoms with van der Waals surface area (Å²) in [7, 11) is 0. The van der Waals surface area contributed by atoms with Crippen molar-refractivity contribution in [3.05, 3.63) is 11.6 Å². The summed E-state index contributed by atoms with van der Waals surface area (Å²) in [5.41, 5.74) is 1.39. The van der Waals surface area contributed by atoms with Gasteiger partial charge in [0.2, 0.25) is 0 Å². The molecular formula is C10H16F3N. The van der Waals surface area contributed by atoms with Crippen LogP contribution in [0.1, 0.15) is 32.1 Å². The molecule has 0 spiro atoms. The summed E-state index contributed by atoms with van der Waals surface area (Å²) in [6, 6.07) is 0. The summed E-state index contributed by atoms with van der Waals surface area (Å²) in [5, 5.41) is 2.81. The zero-order valence-corrected chi connectivity index (χ0v) is 8.16. The van der Waals surface area contributed by atoms with Crippen LogP contribution in [0.2, 0.25) is 0 Å². The van der Waals surface area contributed by atoms with E-state index in [-0.39, 0.29) is 6.54 Å². The van der Waals surface area contributed by atoms with Gasteiger partial charge in [0, 0.05) is 6.54 Å². The van der Waals surface area contributed by atoms with Crippen LogP contribution >= 0.6 is 0 Å². The average molecular weight is 207 g/mol. The van der Waals surface area contributed by atoms with Crippen LogP contribution in [0.25, 0.3) is 0 Å². The van der Waals surface area contributed by atoms with Crippen molar-refractivity contribution in [2.75, 3.05) is 13.1 Å². The highest BCUT2D eigenvalue weighted by molar-refractivity contribution is 5.07. The van der Waals surface area contributed by atoms with Crippen LogP contribution in [0.15, 0.2) is 11.6 Å². The number of allylic oxidation sites excluding steroid dienone is 1. The number of halogens is 3. The predicted molar refractivity (Wildman–Crippen MR) is 50.1 cm³/mol. The summed E-state index contributed by atoms with van der Waals surface area (Å²) in [6.45, 7) is 0.707. The molecule has 1 aliphatic rings. The summed E-state index contributed by atoms with van der Waals surface area (Å²) in [6.07, 6.45) is 1.81. The van der Waals surface area contributed by atoms with Crippen LogP contribution in [0.5, 0.6) is 0 Å². The van der Waals surface area contributed by atoms with Crippen LogP contribution < -0.4 is 5.32 Å². The summed E-state index contributed by atoms with van der Waals surface area (Å²) >= 11 is 0. The van der Waals surface area contributed by atoms with Crippen molar-refractivity contribution in [2.45, 2.75) is 38.3 Å². The standard InChI is InChI=1S/C10H16F3N/c11-10(12,13)6-8-14-7-5-9-3-1-2-4-9/h3,14H,1-2,4-8H2. The van der Waals surface area contributed by atoms with E-state index in [4.69, 9.17) is 0 Å². The lowest BCUT2D eigenvalue weighted by Crippen LogP contribution is -2.22. The number of hydrogen-bond acceptors (Lipinski definition) is 1. The number of alkyl halides is 3. The minimum absolute atomic E-state index is 0.0385. The summed E-state index contributed by atoms with van der Waals surface area (Å²) in [5.74, 6) is 0. The molecule has 0 aromatic rings. The number of nitrogens with one attached hydrogen (secondary N) is 1. The van der Waals surface area contributed by atoms with Crippen molar-refractivity contribution in [2.24, 2.45) is 0 Å². The second kappa shape index (κ2) is 5.39. The van der Waals surface area contributed by atoms with E-state index in [0.717, 1.165) is 19.3 Å². The molecule has 0 amide bonds. The molecule has 0 fully saturated rings. The third-order valence-electron chi connectivity index (χ3n) is 2.34. The molecule has 0 bridgehead atoms. The van der Waals surface area contributed by atoms with Gasteiger partial charge in [-0.05, 0) is 32.2 Å². The largest absolute Gasteiger partial charge is 0.390 e. The molecule has 0 aromatic carbocycles. The molecule has 82 valence electrons. The van der Waals surface area contributed by atoms with E-state index in [1.54, 1.807) is 0 Å². The van der Waals surface area contributed by atoms with Gasteiger partial charge in [-0.3, -0.25) is 0 Å². The predicted octanol–water partition coefficient (Wildman–Crippen LogP) is 3.03. The molecular weight excluding hydrogens is 191 g/mol. The van der Waals surface area contributed by atoms with E-state index < -0.39 is 12.6 Å². The van der Waals surface area contributed by atoms with Gasteiger partial charge in [0.1, 0.15) is 0 Å². The lowest BCUT2D eigenvalue weighted by molar-refractivity contribution is -0.133. The minimum Gasteiger partial charge on any atom is -0.316 e. The Morgan fingerprint density at radius 2 is 2.07 bits per heavy atom. The number of hydrogen-bond donors (Lipinski definition) is 1. The molecule has 0 saturated carbocycles. The second-order valence-corrected chi connectivity index (χ2v) is 3.62. The summed E-state index contributed by atoms with van der Waals surface area (Å²) < 4.78 is 35.2. The highest BCUT2D eigenvalue weighted by atomic mass is 19.4. The van der Waals surface area contributed by atoms with Gasteiger partial charge in [0.05, 0.1) is 6.42 Å². The van der Waals surface area contributed by atoms with Crippen molar-refractivity contribution in [1.82, 2.24) is 5.32 Å². The van der Waals surface area contributed by atoms with Gasteiger partial charge in [0.25, 0.3) is 0 Å². The zero-order chi connectivity index (χ0) is 10.4. The van der Waals surface area contributed by atoms with Crippen molar-refractivity contribution >= 4 is 0 Å². The first kappa shape index (κ1) is 11.6. The first-order chi connectivity index (χ1) is 6.58. The molecule has 1 aliphatic carbocycles. The van der Waals surface area contributed by atoms with Gasteiger partial charge in [-0.1, -0.05) is 11.6 Å². The average Bonchev–Trinajstić information content (AvgIpc) is 2.54. The Morgan fingerprint density at radius 3 is 2.64 bits per heavy atom. The highest BCUT2D eigenvalue weighted by Crippen LogP contribution is 2.20.